The summed E-state index contributed by atoms with van der Waals surface area (Å²) in [5.41, 5.74) is 0.269. The maximum Gasteiger partial charge on any atom is 0.337 e. The van der Waals surface area contributed by atoms with Gasteiger partial charge in [-0.3, -0.25) is 0 Å². The van der Waals surface area contributed by atoms with E-state index in [1.54, 1.807) is 11.0 Å². The van der Waals surface area contributed by atoms with Crippen LogP contribution in [0.1, 0.15) is 10.4 Å². The molecule has 108 valence electrons. The summed E-state index contributed by atoms with van der Waals surface area (Å²) in [6.07, 6.45) is 0. The van der Waals surface area contributed by atoms with Crippen molar-refractivity contribution in [2.45, 2.75) is 0 Å². The zero-order valence-electron chi connectivity index (χ0n) is 10.4. The lowest BCUT2D eigenvalue weighted by atomic mass is 10.2. The van der Waals surface area contributed by atoms with Gasteiger partial charge in [0.2, 0.25) is 0 Å². The molecule has 1 saturated heterocycles. The molecule has 0 aromatic heterocycles. The van der Waals surface area contributed by atoms with Gasteiger partial charge in [-0.2, -0.15) is 0 Å². The van der Waals surface area contributed by atoms with E-state index in [9.17, 15) is 14.7 Å². The summed E-state index contributed by atoms with van der Waals surface area (Å²) in [6, 6.07) is 2.79. The monoisotopic (exact) mass is 406 g/mol. The molecule has 1 heterocycles. The predicted octanol–water partition coefficient (Wildman–Crippen LogP) is 2.77. The van der Waals surface area contributed by atoms with Gasteiger partial charge in [0.15, 0.2) is 0 Å². The van der Waals surface area contributed by atoms with Crippen molar-refractivity contribution in [3.05, 3.63) is 26.6 Å². The van der Waals surface area contributed by atoms with Crippen LogP contribution in [0.4, 0.5) is 10.5 Å². The molecule has 0 saturated carbocycles. The van der Waals surface area contributed by atoms with Crippen LogP contribution in [-0.4, -0.2) is 48.3 Å². The van der Waals surface area contributed by atoms with Gasteiger partial charge in [0.25, 0.3) is 0 Å². The Kier molecular flexibility index (Phi) is 5.00. The number of hydrogen-bond donors (Lipinski definition) is 2. The molecule has 2 amide bonds. The number of nitrogens with zero attached hydrogens (tertiary/aromatic N) is 1. The predicted molar refractivity (Wildman–Crippen MR) is 80.2 cm³/mol. The number of hydrogen-bond acceptors (Lipinski definition) is 3. The highest BCUT2D eigenvalue weighted by Gasteiger charge is 2.21. The molecule has 20 heavy (non-hydrogen) atoms. The molecule has 1 fully saturated rings. The highest BCUT2D eigenvalue weighted by atomic mass is 79.9. The van der Waals surface area contributed by atoms with E-state index >= 15 is 0 Å². The molecule has 1 aliphatic heterocycles. The van der Waals surface area contributed by atoms with Gasteiger partial charge in [-0.25, -0.2) is 9.59 Å². The normalized spacial score (nSPS) is 15.0. The van der Waals surface area contributed by atoms with Gasteiger partial charge in [0, 0.05) is 22.0 Å². The van der Waals surface area contributed by atoms with Crippen LogP contribution in [0.15, 0.2) is 21.1 Å². The number of morpholine rings is 1. The summed E-state index contributed by atoms with van der Waals surface area (Å²) in [5.74, 6) is -1.11. The molecule has 0 radical (unpaired) electrons. The maximum absolute atomic E-state index is 12.1. The molecule has 0 unspecified atom stereocenters. The van der Waals surface area contributed by atoms with E-state index in [2.05, 4.69) is 37.2 Å². The summed E-state index contributed by atoms with van der Waals surface area (Å²) < 4.78 is 6.29. The third-order valence-corrected chi connectivity index (χ3v) is 3.90. The van der Waals surface area contributed by atoms with Crippen molar-refractivity contribution >= 4 is 49.5 Å². The average Bonchev–Trinajstić information content (AvgIpc) is 2.42. The lowest BCUT2D eigenvalue weighted by Gasteiger charge is -2.27. The summed E-state index contributed by atoms with van der Waals surface area (Å²) >= 11 is 6.49. The number of rotatable bonds is 2. The Balaban J connectivity index is 2.23. The number of urea groups is 1. The first-order valence-electron chi connectivity index (χ1n) is 5.85. The molecule has 0 bridgehead atoms. The smallest absolute Gasteiger partial charge is 0.337 e. The second-order valence-corrected chi connectivity index (χ2v) is 5.91. The molecule has 2 N–H and O–H groups in total. The highest BCUT2D eigenvalue weighted by Crippen LogP contribution is 2.31. The standard InChI is InChI=1S/C12H12Br2N2O4/c13-7-5-8(11(17)18)10(9(14)6-7)15-12(19)16-1-3-20-4-2-16/h5-6H,1-4H2,(H,15,19)(H,17,18). The van der Waals surface area contributed by atoms with Crippen molar-refractivity contribution in [1.29, 1.82) is 0 Å². The minimum Gasteiger partial charge on any atom is -0.478 e. The van der Waals surface area contributed by atoms with Gasteiger partial charge in [0.05, 0.1) is 24.5 Å². The van der Waals surface area contributed by atoms with Gasteiger partial charge in [0.1, 0.15) is 0 Å². The number of benzene rings is 1. The molecule has 0 atom stereocenters. The quantitative estimate of drug-likeness (QED) is 0.789. The Labute approximate surface area is 132 Å². The first-order valence-corrected chi connectivity index (χ1v) is 7.43. The molecule has 1 aromatic carbocycles. The topological polar surface area (TPSA) is 78.9 Å². The summed E-state index contributed by atoms with van der Waals surface area (Å²) in [7, 11) is 0. The van der Waals surface area contributed by atoms with E-state index in [-0.39, 0.29) is 17.3 Å². The van der Waals surface area contributed by atoms with Gasteiger partial charge >= 0.3 is 12.0 Å². The summed E-state index contributed by atoms with van der Waals surface area (Å²) in [5, 5.41) is 11.9. The van der Waals surface area contributed by atoms with Crippen molar-refractivity contribution in [2.75, 3.05) is 31.6 Å². The molecule has 0 spiro atoms. The Bertz CT molecular complexity index is 545. The number of carbonyl (C=O) groups is 2. The van der Waals surface area contributed by atoms with Crippen LogP contribution >= 0.6 is 31.9 Å². The van der Waals surface area contributed by atoms with Crippen molar-refractivity contribution in [2.24, 2.45) is 0 Å². The van der Waals surface area contributed by atoms with Gasteiger partial charge in [-0.15, -0.1) is 0 Å². The first-order chi connectivity index (χ1) is 9.49. The van der Waals surface area contributed by atoms with Crippen LogP contribution in [-0.2, 0) is 4.74 Å². The van der Waals surface area contributed by atoms with Crippen molar-refractivity contribution in [3.8, 4) is 0 Å². The van der Waals surface area contributed by atoms with Crippen LogP contribution in [0.3, 0.4) is 0 Å². The number of ether oxygens (including phenoxy) is 1. The molecule has 1 aliphatic rings. The molecule has 6 nitrogen and oxygen atoms in total. The van der Waals surface area contributed by atoms with Crippen LogP contribution in [0.25, 0.3) is 0 Å². The van der Waals surface area contributed by atoms with E-state index in [0.29, 0.717) is 35.2 Å². The fourth-order valence-corrected chi connectivity index (χ4v) is 3.15. The number of carbonyl (C=O) groups excluding carboxylic acids is 1. The number of carboxylic acid groups (broad SMARTS) is 1. The van der Waals surface area contributed by atoms with Crippen LogP contribution in [0.2, 0.25) is 0 Å². The van der Waals surface area contributed by atoms with Crippen LogP contribution in [0.5, 0.6) is 0 Å². The Morgan fingerprint density at radius 3 is 2.50 bits per heavy atom. The van der Waals surface area contributed by atoms with Gasteiger partial charge in [-0.05, 0) is 28.1 Å². The summed E-state index contributed by atoms with van der Waals surface area (Å²) in [4.78, 5) is 25.0. The Hall–Kier alpha value is -1.12. The molecule has 8 heteroatoms. The Morgan fingerprint density at radius 1 is 1.25 bits per heavy atom. The fraction of sp³-hybridized carbons (Fsp3) is 0.333. The largest absolute Gasteiger partial charge is 0.478 e. The third-order valence-electron chi connectivity index (χ3n) is 2.82. The number of amides is 2. The van der Waals surface area contributed by atoms with E-state index < -0.39 is 5.97 Å². The highest BCUT2D eigenvalue weighted by molar-refractivity contribution is 9.11. The van der Waals surface area contributed by atoms with Crippen molar-refractivity contribution in [3.63, 3.8) is 0 Å². The molecular formula is C12H12Br2N2O4. The second kappa shape index (κ2) is 6.55. The average molecular weight is 408 g/mol. The third kappa shape index (κ3) is 3.50. The molecular weight excluding hydrogens is 396 g/mol. The van der Waals surface area contributed by atoms with E-state index in [0.717, 1.165) is 0 Å². The molecule has 2 rings (SSSR count). The summed E-state index contributed by atoms with van der Waals surface area (Å²) in [6.45, 7) is 1.95. The number of aromatic carboxylic acids is 1. The number of halogens is 2. The van der Waals surface area contributed by atoms with E-state index in [1.165, 1.54) is 6.07 Å². The zero-order valence-corrected chi connectivity index (χ0v) is 13.5. The minimum atomic E-state index is -1.11. The fourth-order valence-electron chi connectivity index (χ4n) is 1.82. The second-order valence-electron chi connectivity index (χ2n) is 4.14. The van der Waals surface area contributed by atoms with Gasteiger partial charge < -0.3 is 20.1 Å². The van der Waals surface area contributed by atoms with Crippen molar-refractivity contribution < 1.29 is 19.4 Å². The molecule has 1 aromatic rings. The first kappa shape index (κ1) is 15.3. The SMILES string of the molecule is O=C(O)c1cc(Br)cc(Br)c1NC(=O)N1CCOCC1. The van der Waals surface area contributed by atoms with E-state index in [4.69, 9.17) is 4.74 Å². The van der Waals surface area contributed by atoms with Crippen LogP contribution < -0.4 is 5.32 Å². The minimum absolute atomic E-state index is 0.0212. The zero-order chi connectivity index (χ0) is 14.7. The lowest BCUT2D eigenvalue weighted by Crippen LogP contribution is -2.43. The van der Waals surface area contributed by atoms with Crippen LogP contribution in [0, 0.1) is 0 Å². The van der Waals surface area contributed by atoms with Crippen molar-refractivity contribution in [1.82, 2.24) is 4.90 Å². The Morgan fingerprint density at radius 2 is 1.90 bits per heavy atom. The number of nitrogens with one attached hydrogen (secondary N) is 1. The number of anilines is 1. The van der Waals surface area contributed by atoms with E-state index in [1.807, 2.05) is 0 Å². The molecule has 0 aliphatic carbocycles. The number of carboxylic acids is 1. The maximum atomic E-state index is 12.1. The van der Waals surface area contributed by atoms with Gasteiger partial charge in [-0.1, -0.05) is 15.9 Å². The lowest BCUT2D eigenvalue weighted by molar-refractivity contribution is 0.0564.